The summed E-state index contributed by atoms with van der Waals surface area (Å²) in [6.45, 7) is 10.0. The zero-order valence-electron chi connectivity index (χ0n) is 9.41. The van der Waals surface area contributed by atoms with Crippen LogP contribution in [0.3, 0.4) is 0 Å². The molecule has 15 heavy (non-hydrogen) atoms. The summed E-state index contributed by atoms with van der Waals surface area (Å²) < 4.78 is 7.01. The lowest BCUT2D eigenvalue weighted by Gasteiger charge is -2.08. The van der Waals surface area contributed by atoms with E-state index in [1.807, 2.05) is 18.4 Å². The Hall–Kier alpha value is -1.58. The number of aromatic nitrogens is 2. The summed E-state index contributed by atoms with van der Waals surface area (Å²) in [5, 5.41) is 0. The van der Waals surface area contributed by atoms with Crippen LogP contribution in [0, 0.1) is 13.8 Å². The molecule has 1 aromatic rings. The second-order valence-corrected chi connectivity index (χ2v) is 3.51. The second kappa shape index (κ2) is 4.77. The van der Waals surface area contributed by atoms with Crippen LogP contribution in [0.4, 0.5) is 0 Å². The van der Waals surface area contributed by atoms with Gasteiger partial charge in [-0.1, -0.05) is 6.58 Å². The maximum Gasteiger partial charge on any atom is 0.333 e. The number of nitrogens with zero attached hydrogens (tertiary/aromatic N) is 2. The van der Waals surface area contributed by atoms with E-state index in [1.165, 1.54) is 0 Å². The molecule has 0 aliphatic rings. The maximum atomic E-state index is 11.1. The Morgan fingerprint density at radius 1 is 1.60 bits per heavy atom. The Balaban J connectivity index is 2.45. The van der Waals surface area contributed by atoms with Gasteiger partial charge in [-0.25, -0.2) is 9.78 Å². The molecule has 0 N–H and O–H groups in total. The van der Waals surface area contributed by atoms with E-state index in [1.54, 1.807) is 13.1 Å². The third-order valence-electron chi connectivity index (χ3n) is 2.15. The number of carbonyl (C=O) groups excluding carboxylic acids is 1. The molecule has 0 unspecified atom stereocenters. The first kappa shape index (κ1) is 11.5. The van der Waals surface area contributed by atoms with Crippen molar-refractivity contribution in [1.82, 2.24) is 9.55 Å². The number of esters is 1. The highest BCUT2D eigenvalue weighted by Gasteiger charge is 2.05. The van der Waals surface area contributed by atoms with Crippen LogP contribution in [0.25, 0.3) is 0 Å². The van der Waals surface area contributed by atoms with Crippen LogP contribution in [-0.4, -0.2) is 22.1 Å². The van der Waals surface area contributed by atoms with Crippen molar-refractivity contribution in [1.29, 1.82) is 0 Å². The fourth-order valence-electron chi connectivity index (χ4n) is 1.27. The molecule has 4 heteroatoms. The van der Waals surface area contributed by atoms with E-state index in [-0.39, 0.29) is 5.97 Å². The molecular formula is C11H16N2O2. The van der Waals surface area contributed by atoms with Crippen LogP contribution < -0.4 is 0 Å². The number of rotatable bonds is 4. The van der Waals surface area contributed by atoms with Crippen molar-refractivity contribution in [3.05, 3.63) is 29.9 Å². The normalized spacial score (nSPS) is 10.1. The first-order chi connectivity index (χ1) is 7.02. The summed E-state index contributed by atoms with van der Waals surface area (Å²) in [5.41, 5.74) is 1.49. The zero-order valence-corrected chi connectivity index (χ0v) is 9.41. The topological polar surface area (TPSA) is 44.1 Å². The lowest BCUT2D eigenvalue weighted by atomic mass is 10.4. The molecule has 82 valence electrons. The molecule has 0 saturated heterocycles. The van der Waals surface area contributed by atoms with Gasteiger partial charge < -0.3 is 9.30 Å². The van der Waals surface area contributed by atoms with Gasteiger partial charge in [0.2, 0.25) is 0 Å². The van der Waals surface area contributed by atoms with E-state index >= 15 is 0 Å². The first-order valence-electron chi connectivity index (χ1n) is 4.83. The van der Waals surface area contributed by atoms with Gasteiger partial charge >= 0.3 is 5.97 Å². The molecule has 1 heterocycles. The number of carbonyl (C=O) groups is 1. The van der Waals surface area contributed by atoms with Crippen molar-refractivity contribution < 1.29 is 9.53 Å². The highest BCUT2D eigenvalue weighted by atomic mass is 16.5. The first-order valence-corrected chi connectivity index (χ1v) is 4.83. The number of hydrogen-bond donors (Lipinski definition) is 0. The van der Waals surface area contributed by atoms with Gasteiger partial charge in [0.15, 0.2) is 0 Å². The summed E-state index contributed by atoms with van der Waals surface area (Å²) >= 11 is 0. The van der Waals surface area contributed by atoms with Gasteiger partial charge in [-0.15, -0.1) is 0 Å². The minimum atomic E-state index is -0.342. The SMILES string of the molecule is C=C(C)C(=O)OCCn1c(C)cnc1C. The molecule has 0 aliphatic heterocycles. The predicted molar refractivity (Wildman–Crippen MR) is 57.5 cm³/mol. The Morgan fingerprint density at radius 2 is 2.27 bits per heavy atom. The number of ether oxygens (including phenoxy) is 1. The van der Waals surface area contributed by atoms with Gasteiger partial charge in [0.25, 0.3) is 0 Å². The number of hydrogen-bond acceptors (Lipinski definition) is 3. The molecule has 4 nitrogen and oxygen atoms in total. The van der Waals surface area contributed by atoms with Crippen LogP contribution in [0.1, 0.15) is 18.4 Å². The summed E-state index contributed by atoms with van der Waals surface area (Å²) in [4.78, 5) is 15.2. The number of imidazole rings is 1. The fourth-order valence-corrected chi connectivity index (χ4v) is 1.27. The van der Waals surface area contributed by atoms with E-state index in [2.05, 4.69) is 11.6 Å². The van der Waals surface area contributed by atoms with E-state index in [0.717, 1.165) is 11.5 Å². The van der Waals surface area contributed by atoms with Crippen molar-refractivity contribution in [2.24, 2.45) is 0 Å². The predicted octanol–water partition coefficient (Wildman–Crippen LogP) is 1.62. The molecule has 0 fully saturated rings. The molecule has 0 amide bonds. The van der Waals surface area contributed by atoms with E-state index < -0.39 is 0 Å². The second-order valence-electron chi connectivity index (χ2n) is 3.51. The molecule has 0 spiro atoms. The third kappa shape index (κ3) is 2.94. The highest BCUT2D eigenvalue weighted by Crippen LogP contribution is 2.03. The quantitative estimate of drug-likeness (QED) is 0.558. The van der Waals surface area contributed by atoms with Crippen molar-refractivity contribution >= 4 is 5.97 Å². The summed E-state index contributed by atoms with van der Waals surface area (Å²) in [6, 6.07) is 0. The lowest BCUT2D eigenvalue weighted by molar-refractivity contribution is -0.139. The summed E-state index contributed by atoms with van der Waals surface area (Å²) in [6.07, 6.45) is 1.80. The monoisotopic (exact) mass is 208 g/mol. The van der Waals surface area contributed by atoms with Crippen LogP contribution in [0.2, 0.25) is 0 Å². The van der Waals surface area contributed by atoms with E-state index in [0.29, 0.717) is 18.7 Å². The Bertz CT molecular complexity index is 360. The summed E-state index contributed by atoms with van der Waals surface area (Å²) in [5.74, 6) is 0.587. The molecule has 0 aromatic carbocycles. The van der Waals surface area contributed by atoms with Crippen molar-refractivity contribution in [2.45, 2.75) is 27.3 Å². The fraction of sp³-hybridized carbons (Fsp3) is 0.455. The van der Waals surface area contributed by atoms with E-state index in [4.69, 9.17) is 4.74 Å². The van der Waals surface area contributed by atoms with Gasteiger partial charge in [0.1, 0.15) is 12.4 Å². The zero-order chi connectivity index (χ0) is 11.4. The molecule has 0 aliphatic carbocycles. The van der Waals surface area contributed by atoms with Crippen molar-refractivity contribution in [2.75, 3.05) is 6.61 Å². The molecule has 0 radical (unpaired) electrons. The van der Waals surface area contributed by atoms with Gasteiger partial charge in [0, 0.05) is 17.5 Å². The average molecular weight is 208 g/mol. The van der Waals surface area contributed by atoms with Crippen molar-refractivity contribution in [3.8, 4) is 0 Å². The number of aryl methyl sites for hydroxylation is 2. The molecule has 1 rings (SSSR count). The van der Waals surface area contributed by atoms with Crippen molar-refractivity contribution in [3.63, 3.8) is 0 Å². The van der Waals surface area contributed by atoms with Crippen LogP contribution in [0.15, 0.2) is 18.3 Å². The van der Waals surface area contributed by atoms with Crippen LogP contribution in [0.5, 0.6) is 0 Å². The molecule has 1 aromatic heterocycles. The molecule has 0 bridgehead atoms. The molecule has 0 atom stereocenters. The Morgan fingerprint density at radius 3 is 2.73 bits per heavy atom. The minimum absolute atomic E-state index is 0.342. The maximum absolute atomic E-state index is 11.1. The van der Waals surface area contributed by atoms with Gasteiger partial charge in [-0.3, -0.25) is 0 Å². The highest BCUT2D eigenvalue weighted by molar-refractivity contribution is 5.86. The molecule has 0 saturated carbocycles. The van der Waals surface area contributed by atoms with Crippen LogP contribution in [-0.2, 0) is 16.1 Å². The van der Waals surface area contributed by atoms with Gasteiger partial charge in [-0.2, -0.15) is 0 Å². The van der Waals surface area contributed by atoms with Crippen LogP contribution >= 0.6 is 0 Å². The smallest absolute Gasteiger partial charge is 0.333 e. The average Bonchev–Trinajstić information content (AvgIpc) is 2.48. The minimum Gasteiger partial charge on any atom is -0.460 e. The van der Waals surface area contributed by atoms with Gasteiger partial charge in [-0.05, 0) is 20.8 Å². The largest absolute Gasteiger partial charge is 0.460 e. The Kier molecular flexibility index (Phi) is 3.66. The van der Waals surface area contributed by atoms with E-state index in [9.17, 15) is 4.79 Å². The third-order valence-corrected chi connectivity index (χ3v) is 2.15. The molecular weight excluding hydrogens is 192 g/mol. The standard InChI is InChI=1S/C11H16N2O2/c1-8(2)11(14)15-6-5-13-9(3)7-12-10(13)4/h7H,1,5-6H2,2-4H3. The Labute approximate surface area is 89.6 Å². The summed E-state index contributed by atoms with van der Waals surface area (Å²) in [7, 11) is 0. The lowest BCUT2D eigenvalue weighted by Crippen LogP contribution is -2.13. The van der Waals surface area contributed by atoms with Gasteiger partial charge in [0.05, 0.1) is 6.54 Å².